The summed E-state index contributed by atoms with van der Waals surface area (Å²) in [5.41, 5.74) is 0.650. The number of anilines is 1. The number of hydrogen-bond acceptors (Lipinski definition) is 4. The summed E-state index contributed by atoms with van der Waals surface area (Å²) in [5, 5.41) is 16.7. The van der Waals surface area contributed by atoms with E-state index in [1.165, 1.54) is 50.7 Å². The van der Waals surface area contributed by atoms with Crippen LogP contribution in [0.4, 0.5) is 11.4 Å². The van der Waals surface area contributed by atoms with Crippen LogP contribution in [-0.4, -0.2) is 15.9 Å². The Bertz CT molecular complexity index is 729. The molecule has 0 heterocycles. The molecule has 0 spiro atoms. The minimum absolute atomic E-state index is 0.0160. The lowest BCUT2D eigenvalue weighted by atomic mass is 9.49. The van der Waals surface area contributed by atoms with Gasteiger partial charge in [-0.1, -0.05) is 6.07 Å². The molecule has 0 aromatic heterocycles. The summed E-state index contributed by atoms with van der Waals surface area (Å²) >= 11 is 5.22. The van der Waals surface area contributed by atoms with Gasteiger partial charge < -0.3 is 10.6 Å². The van der Waals surface area contributed by atoms with Gasteiger partial charge >= 0.3 is 0 Å². The molecule has 2 N–H and O–H groups in total. The molecule has 0 unspecified atom stereocenters. The summed E-state index contributed by atoms with van der Waals surface area (Å²) in [6, 6.07) is 6.09. The van der Waals surface area contributed by atoms with Crippen LogP contribution in [0.2, 0.25) is 0 Å². The summed E-state index contributed by atoms with van der Waals surface area (Å²) < 4.78 is 0. The minimum Gasteiger partial charge on any atom is -0.332 e. The van der Waals surface area contributed by atoms with Crippen molar-refractivity contribution in [2.75, 3.05) is 5.32 Å². The summed E-state index contributed by atoms with van der Waals surface area (Å²) in [6.45, 7) is 0. The number of carbonyl (C=O) groups is 1. The number of non-ortho nitro benzene ring substituents is 1. The second-order valence-corrected chi connectivity index (χ2v) is 8.81. The largest absolute Gasteiger partial charge is 0.332 e. The van der Waals surface area contributed by atoms with E-state index in [1.807, 2.05) is 0 Å². The summed E-state index contributed by atoms with van der Waals surface area (Å²) in [5.74, 6) is 2.38. The number of carbonyl (C=O) groups excluding carboxylic acids is 1. The van der Waals surface area contributed by atoms with Crippen molar-refractivity contribution in [2.45, 2.75) is 44.9 Å². The molecule has 6 nitrogen and oxygen atoms in total. The number of rotatable bonds is 4. The first-order valence-electron chi connectivity index (χ1n) is 9.26. The van der Waals surface area contributed by atoms with E-state index in [0.717, 1.165) is 17.8 Å². The van der Waals surface area contributed by atoms with E-state index >= 15 is 0 Å². The third kappa shape index (κ3) is 3.58. The predicted molar refractivity (Wildman–Crippen MR) is 103 cm³/mol. The second-order valence-electron chi connectivity index (χ2n) is 8.40. The first kappa shape index (κ1) is 17.4. The molecule has 7 heteroatoms. The van der Waals surface area contributed by atoms with Gasteiger partial charge in [0.15, 0.2) is 5.11 Å². The number of nitro benzene ring substituents is 1. The zero-order valence-corrected chi connectivity index (χ0v) is 15.4. The van der Waals surface area contributed by atoms with Crippen LogP contribution in [0.25, 0.3) is 0 Å². The zero-order chi connectivity index (χ0) is 18.3. The molecule has 5 rings (SSSR count). The van der Waals surface area contributed by atoms with Gasteiger partial charge in [0.05, 0.1) is 4.92 Å². The number of thiocarbonyl (C=S) groups is 1. The fraction of sp³-hybridized carbons (Fsp3) is 0.579. The molecule has 138 valence electrons. The van der Waals surface area contributed by atoms with E-state index in [2.05, 4.69) is 10.6 Å². The molecule has 4 bridgehead atoms. The molecule has 0 atom stereocenters. The molecule has 26 heavy (non-hydrogen) atoms. The molecule has 4 aliphatic rings. The van der Waals surface area contributed by atoms with Gasteiger partial charge in [-0.2, -0.15) is 0 Å². The first-order valence-corrected chi connectivity index (χ1v) is 9.67. The van der Waals surface area contributed by atoms with Crippen molar-refractivity contribution in [1.29, 1.82) is 0 Å². The minimum atomic E-state index is -0.458. The molecule has 0 saturated heterocycles. The van der Waals surface area contributed by atoms with E-state index in [1.54, 1.807) is 12.1 Å². The number of amides is 1. The molecular formula is C19H23N3O3S. The number of nitrogens with one attached hydrogen (secondary N) is 2. The normalized spacial score (nSPS) is 31.5. The zero-order valence-electron chi connectivity index (χ0n) is 14.6. The van der Waals surface area contributed by atoms with Crippen molar-refractivity contribution in [3.05, 3.63) is 34.4 Å². The van der Waals surface area contributed by atoms with Crippen molar-refractivity contribution in [3.63, 3.8) is 0 Å². The van der Waals surface area contributed by atoms with Crippen molar-refractivity contribution < 1.29 is 9.72 Å². The molecule has 4 saturated carbocycles. The monoisotopic (exact) mass is 373 g/mol. The van der Waals surface area contributed by atoms with Gasteiger partial charge in [-0.3, -0.25) is 14.9 Å². The molecule has 4 aliphatic carbocycles. The van der Waals surface area contributed by atoms with Crippen LogP contribution in [0.1, 0.15) is 44.9 Å². The Morgan fingerprint density at radius 1 is 1.19 bits per heavy atom. The van der Waals surface area contributed by atoms with Gasteiger partial charge in [0, 0.05) is 24.2 Å². The van der Waals surface area contributed by atoms with E-state index in [9.17, 15) is 14.9 Å². The fourth-order valence-electron chi connectivity index (χ4n) is 5.88. The Morgan fingerprint density at radius 2 is 1.81 bits per heavy atom. The number of benzene rings is 1. The van der Waals surface area contributed by atoms with Gasteiger partial charge in [-0.25, -0.2) is 0 Å². The summed E-state index contributed by atoms with van der Waals surface area (Å²) in [7, 11) is 0. The van der Waals surface area contributed by atoms with Crippen LogP contribution < -0.4 is 10.6 Å². The smallest absolute Gasteiger partial charge is 0.271 e. The van der Waals surface area contributed by atoms with Gasteiger partial charge in [0.25, 0.3) is 5.69 Å². The van der Waals surface area contributed by atoms with Crippen molar-refractivity contribution >= 4 is 34.6 Å². The highest BCUT2D eigenvalue weighted by atomic mass is 32.1. The summed E-state index contributed by atoms with van der Waals surface area (Å²) in [6.07, 6.45) is 8.13. The van der Waals surface area contributed by atoms with E-state index in [4.69, 9.17) is 12.2 Å². The molecule has 1 aromatic carbocycles. The Hall–Kier alpha value is -2.02. The maximum atomic E-state index is 12.6. The molecule has 4 fully saturated rings. The number of nitrogens with zero attached hydrogens (tertiary/aromatic N) is 1. The lowest BCUT2D eigenvalue weighted by Gasteiger charge is -2.56. The maximum Gasteiger partial charge on any atom is 0.271 e. The molecule has 0 aliphatic heterocycles. The van der Waals surface area contributed by atoms with Crippen LogP contribution in [0.5, 0.6) is 0 Å². The van der Waals surface area contributed by atoms with E-state index < -0.39 is 4.92 Å². The van der Waals surface area contributed by atoms with E-state index in [0.29, 0.717) is 12.1 Å². The van der Waals surface area contributed by atoms with Crippen LogP contribution in [0.15, 0.2) is 24.3 Å². The highest BCUT2D eigenvalue weighted by molar-refractivity contribution is 7.80. The molecular weight excluding hydrogens is 350 g/mol. The van der Waals surface area contributed by atoms with Gasteiger partial charge in [0.1, 0.15) is 0 Å². The highest BCUT2D eigenvalue weighted by Crippen LogP contribution is 2.61. The molecule has 1 amide bonds. The van der Waals surface area contributed by atoms with Crippen LogP contribution in [0, 0.1) is 33.3 Å². The Kier molecular flexibility index (Phi) is 4.42. The third-order valence-corrected chi connectivity index (χ3v) is 6.47. The quantitative estimate of drug-likeness (QED) is 0.473. The third-order valence-electron chi connectivity index (χ3n) is 6.27. The standard InChI is InChI=1S/C19H23N3O3S/c23-17(11-19-8-12-4-13(9-19)6-14(5-12)10-19)21-18(26)20-15-2-1-3-16(7-15)22(24)25/h1-3,7,12-14H,4-6,8-11H2,(H2,20,21,23,26). The summed E-state index contributed by atoms with van der Waals surface area (Å²) in [4.78, 5) is 22.9. The predicted octanol–water partition coefficient (Wildman–Crippen LogP) is 4.01. The number of nitro groups is 1. The van der Waals surface area contributed by atoms with Gasteiger partial charge in [-0.15, -0.1) is 0 Å². The lowest BCUT2D eigenvalue weighted by molar-refractivity contribution is -0.384. The Labute approximate surface area is 157 Å². The van der Waals surface area contributed by atoms with Gasteiger partial charge in [0.2, 0.25) is 5.91 Å². The molecule has 1 aromatic rings. The van der Waals surface area contributed by atoms with Crippen LogP contribution in [0.3, 0.4) is 0 Å². The van der Waals surface area contributed by atoms with Crippen molar-refractivity contribution in [3.8, 4) is 0 Å². The second kappa shape index (κ2) is 6.61. The first-order chi connectivity index (χ1) is 12.4. The van der Waals surface area contributed by atoms with Crippen LogP contribution >= 0.6 is 12.2 Å². The van der Waals surface area contributed by atoms with Gasteiger partial charge in [-0.05, 0) is 80.0 Å². The lowest BCUT2D eigenvalue weighted by Crippen LogP contribution is -2.48. The molecule has 0 radical (unpaired) electrons. The fourth-order valence-corrected chi connectivity index (χ4v) is 6.11. The average molecular weight is 373 g/mol. The van der Waals surface area contributed by atoms with E-state index in [-0.39, 0.29) is 22.1 Å². The average Bonchev–Trinajstić information content (AvgIpc) is 2.52. The number of hydrogen-bond donors (Lipinski definition) is 2. The maximum absolute atomic E-state index is 12.6. The SMILES string of the molecule is O=C(CC12CC3CC(CC(C3)C1)C2)NC(=S)Nc1cccc([N+](=O)[O-])c1. The Balaban J connectivity index is 1.34. The van der Waals surface area contributed by atoms with Crippen molar-refractivity contribution in [1.82, 2.24) is 5.32 Å². The van der Waals surface area contributed by atoms with Crippen molar-refractivity contribution in [2.24, 2.45) is 23.2 Å². The highest BCUT2D eigenvalue weighted by Gasteiger charge is 2.51. The van der Waals surface area contributed by atoms with Crippen LogP contribution in [-0.2, 0) is 4.79 Å². The Morgan fingerprint density at radius 3 is 2.38 bits per heavy atom. The topological polar surface area (TPSA) is 84.3 Å².